The Labute approximate surface area is 105 Å². The predicted molar refractivity (Wildman–Crippen MR) is 74.9 cm³/mol. The van der Waals surface area contributed by atoms with Gasteiger partial charge in [0.25, 0.3) is 0 Å². The number of thiol groups is 1. The molecule has 0 spiro atoms. The molecule has 1 aliphatic heterocycles. The van der Waals surface area contributed by atoms with E-state index in [1.54, 1.807) is 0 Å². The van der Waals surface area contributed by atoms with E-state index in [2.05, 4.69) is 36.5 Å². The molecule has 16 heavy (non-hydrogen) atoms. The van der Waals surface area contributed by atoms with Crippen LogP contribution in [0.4, 0.5) is 0 Å². The van der Waals surface area contributed by atoms with Gasteiger partial charge in [-0.1, -0.05) is 48.7 Å². The highest BCUT2D eigenvalue weighted by Crippen LogP contribution is 2.68. The largest absolute Gasteiger partial charge is 0.453 e. The van der Waals surface area contributed by atoms with Crippen molar-refractivity contribution in [2.24, 2.45) is 0 Å². The lowest BCUT2D eigenvalue weighted by Gasteiger charge is -2.35. The van der Waals surface area contributed by atoms with E-state index in [4.69, 9.17) is 16.3 Å². The minimum absolute atomic E-state index is 0.373. The van der Waals surface area contributed by atoms with Gasteiger partial charge in [-0.05, 0) is 24.3 Å². The van der Waals surface area contributed by atoms with Gasteiger partial charge in [0, 0.05) is 16.8 Å². The molecule has 0 bridgehead atoms. The molecule has 0 fully saturated rings. The van der Waals surface area contributed by atoms with Crippen LogP contribution in [0.2, 0.25) is 0 Å². The van der Waals surface area contributed by atoms with Gasteiger partial charge in [0.05, 0.1) is 0 Å². The third kappa shape index (κ3) is 1.58. The van der Waals surface area contributed by atoms with E-state index in [0.29, 0.717) is 5.92 Å². The lowest BCUT2D eigenvalue weighted by atomic mass is 9.91. The molecular weight excluding hydrogens is 255 g/mol. The third-order valence-electron chi connectivity index (χ3n) is 2.97. The number of benzene rings is 1. The predicted octanol–water partition coefficient (Wildman–Crippen LogP) is 4.25. The van der Waals surface area contributed by atoms with E-state index in [1.165, 1.54) is 10.9 Å². The zero-order valence-corrected chi connectivity index (χ0v) is 11.1. The monoisotopic (exact) mass is 266 g/mol. The SMILES string of the molecule is S=P1(S)Oc2ccccc2C2CC=CC=C21. The smallest absolute Gasteiger partial charge is 0.190 e. The molecule has 2 atom stereocenters. The molecule has 1 aromatic carbocycles. The Hall–Kier alpha value is -0.500. The van der Waals surface area contributed by atoms with Crippen molar-refractivity contribution in [2.75, 3.05) is 0 Å². The highest BCUT2D eigenvalue weighted by atomic mass is 32.9. The number of allylic oxidation sites excluding steroid dienone is 4. The Morgan fingerprint density at radius 2 is 2.19 bits per heavy atom. The molecule has 0 amide bonds. The summed E-state index contributed by atoms with van der Waals surface area (Å²) in [5, 5.41) is 1.19. The van der Waals surface area contributed by atoms with Crippen LogP contribution in [0.25, 0.3) is 0 Å². The summed E-state index contributed by atoms with van der Waals surface area (Å²) >= 11 is 10.1. The second-order valence-electron chi connectivity index (χ2n) is 3.96. The maximum atomic E-state index is 5.88. The summed E-state index contributed by atoms with van der Waals surface area (Å²) in [6.45, 7) is 0. The van der Waals surface area contributed by atoms with Crippen LogP contribution < -0.4 is 4.52 Å². The van der Waals surface area contributed by atoms with Crippen molar-refractivity contribution in [2.45, 2.75) is 12.3 Å². The molecular formula is C12H11OPS2. The van der Waals surface area contributed by atoms with Gasteiger partial charge in [0.2, 0.25) is 0 Å². The van der Waals surface area contributed by atoms with Crippen molar-refractivity contribution >= 4 is 29.5 Å². The van der Waals surface area contributed by atoms with E-state index >= 15 is 0 Å². The molecule has 0 saturated heterocycles. The average molecular weight is 266 g/mol. The molecule has 3 rings (SSSR count). The van der Waals surface area contributed by atoms with Gasteiger partial charge >= 0.3 is 0 Å². The van der Waals surface area contributed by atoms with Crippen LogP contribution in [0, 0.1) is 0 Å². The van der Waals surface area contributed by atoms with Crippen molar-refractivity contribution in [1.82, 2.24) is 0 Å². The van der Waals surface area contributed by atoms with Gasteiger partial charge in [-0.2, -0.15) is 0 Å². The van der Waals surface area contributed by atoms with Crippen LogP contribution in [0.1, 0.15) is 17.9 Å². The lowest BCUT2D eigenvalue weighted by molar-refractivity contribution is 0.586. The van der Waals surface area contributed by atoms with Crippen LogP contribution in [-0.2, 0) is 11.8 Å². The van der Waals surface area contributed by atoms with Gasteiger partial charge < -0.3 is 4.52 Å². The summed E-state index contributed by atoms with van der Waals surface area (Å²) in [6, 6.07) is 8.14. The fraction of sp³-hybridized carbons (Fsp3) is 0.167. The summed E-state index contributed by atoms with van der Waals surface area (Å²) in [5.41, 5.74) is -0.870. The van der Waals surface area contributed by atoms with Gasteiger partial charge in [-0.25, -0.2) is 0 Å². The zero-order valence-electron chi connectivity index (χ0n) is 8.54. The van der Waals surface area contributed by atoms with Crippen LogP contribution in [-0.4, -0.2) is 0 Å². The van der Waals surface area contributed by atoms with Gasteiger partial charge in [-0.15, -0.1) is 0 Å². The van der Waals surface area contributed by atoms with Gasteiger partial charge in [-0.3, -0.25) is 0 Å². The Kier molecular flexibility index (Phi) is 2.50. The van der Waals surface area contributed by atoms with Gasteiger partial charge in [0.15, 0.2) is 5.47 Å². The van der Waals surface area contributed by atoms with E-state index in [-0.39, 0.29) is 0 Å². The maximum Gasteiger partial charge on any atom is 0.190 e. The number of rotatable bonds is 0. The van der Waals surface area contributed by atoms with Crippen molar-refractivity contribution in [3.05, 3.63) is 53.4 Å². The minimum Gasteiger partial charge on any atom is -0.453 e. The highest BCUT2D eigenvalue weighted by Gasteiger charge is 2.35. The van der Waals surface area contributed by atoms with Crippen LogP contribution in [0.15, 0.2) is 47.8 Å². The fourth-order valence-electron chi connectivity index (χ4n) is 2.23. The minimum atomic E-state index is -2.11. The number of fused-ring (bicyclic) bond motifs is 3. The first-order chi connectivity index (χ1) is 7.68. The van der Waals surface area contributed by atoms with Crippen molar-refractivity contribution in [3.8, 4) is 5.75 Å². The molecule has 4 heteroatoms. The average Bonchev–Trinajstić information content (AvgIpc) is 2.29. The van der Waals surface area contributed by atoms with Crippen molar-refractivity contribution in [3.63, 3.8) is 0 Å². The first kappa shape index (κ1) is 10.6. The zero-order chi connectivity index (χ0) is 11.2. The third-order valence-corrected chi connectivity index (χ3v) is 6.33. The Bertz CT molecular complexity index is 548. The first-order valence-electron chi connectivity index (χ1n) is 5.17. The standard InChI is InChI=1S/C12H11OPS2/c15-14(16)12-8-4-2-6-10(12)9-5-1-3-7-11(9)13-14/h1-5,7-8,10H,6H2,(H,15,16). The molecule has 0 N–H and O–H groups in total. The number of hydrogen-bond acceptors (Lipinski definition) is 2. The van der Waals surface area contributed by atoms with Crippen LogP contribution in [0.3, 0.4) is 0 Å². The molecule has 82 valence electrons. The normalized spacial score (nSPS) is 31.1. The lowest BCUT2D eigenvalue weighted by Crippen LogP contribution is -2.12. The molecule has 1 heterocycles. The summed E-state index contributed by atoms with van der Waals surface area (Å²) in [5.74, 6) is 1.29. The van der Waals surface area contributed by atoms with Crippen molar-refractivity contribution < 1.29 is 4.52 Å². The summed E-state index contributed by atoms with van der Waals surface area (Å²) in [7, 11) is 0. The Morgan fingerprint density at radius 3 is 3.06 bits per heavy atom. The molecule has 0 saturated carbocycles. The van der Waals surface area contributed by atoms with E-state index in [0.717, 1.165) is 12.2 Å². The summed E-state index contributed by atoms with van der Waals surface area (Å²) in [4.78, 5) is 0. The van der Waals surface area contributed by atoms with E-state index < -0.39 is 5.47 Å². The van der Waals surface area contributed by atoms with E-state index in [9.17, 15) is 0 Å². The maximum absolute atomic E-state index is 5.88. The molecule has 1 nitrogen and oxygen atoms in total. The second kappa shape index (κ2) is 3.76. The van der Waals surface area contributed by atoms with Crippen LogP contribution in [0.5, 0.6) is 5.75 Å². The molecule has 2 unspecified atom stereocenters. The molecule has 0 aromatic heterocycles. The topological polar surface area (TPSA) is 9.23 Å². The number of para-hydroxylation sites is 1. The number of hydrogen-bond donors (Lipinski definition) is 1. The summed E-state index contributed by atoms with van der Waals surface area (Å²) in [6.07, 6.45) is 7.32. The quantitative estimate of drug-likeness (QED) is 0.555. The molecule has 0 radical (unpaired) electrons. The molecule has 1 aromatic rings. The Morgan fingerprint density at radius 1 is 1.38 bits per heavy atom. The highest BCUT2D eigenvalue weighted by molar-refractivity contribution is 8.63. The fourth-order valence-corrected chi connectivity index (χ4v) is 5.37. The molecule has 2 aliphatic rings. The molecule has 1 aliphatic carbocycles. The van der Waals surface area contributed by atoms with Gasteiger partial charge in [0.1, 0.15) is 5.75 Å². The van der Waals surface area contributed by atoms with Crippen molar-refractivity contribution in [1.29, 1.82) is 0 Å². The first-order valence-corrected chi connectivity index (χ1v) is 9.04. The summed E-state index contributed by atoms with van der Waals surface area (Å²) < 4.78 is 5.88. The van der Waals surface area contributed by atoms with Crippen LogP contribution >= 0.6 is 17.7 Å². The van der Waals surface area contributed by atoms with E-state index in [1.807, 2.05) is 18.2 Å². The Balaban J connectivity index is 2.22. The second-order valence-corrected chi connectivity index (χ2v) is 9.74.